The van der Waals surface area contributed by atoms with E-state index in [9.17, 15) is 9.59 Å². The van der Waals surface area contributed by atoms with Crippen molar-refractivity contribution in [2.24, 2.45) is 5.92 Å². The van der Waals surface area contributed by atoms with E-state index in [-0.39, 0.29) is 29.5 Å². The fraction of sp³-hybridized carbons (Fsp3) is 0.333. The van der Waals surface area contributed by atoms with Crippen LogP contribution in [0.15, 0.2) is 59.8 Å². The van der Waals surface area contributed by atoms with E-state index in [0.29, 0.717) is 6.54 Å². The first-order valence-electron chi connectivity index (χ1n) is 10.8. The Kier molecular flexibility index (Phi) is 6.90. The van der Waals surface area contributed by atoms with E-state index >= 15 is 0 Å². The Bertz CT molecular complexity index is 1080. The van der Waals surface area contributed by atoms with Crippen LogP contribution in [0.1, 0.15) is 42.8 Å². The van der Waals surface area contributed by atoms with E-state index in [2.05, 4.69) is 33.0 Å². The minimum absolute atomic E-state index is 0.0690. The zero-order valence-electron chi connectivity index (χ0n) is 18.2. The Hall–Kier alpha value is -3.13. The number of carbonyl (C=O) groups is 2. The molecule has 1 aliphatic carbocycles. The summed E-state index contributed by atoms with van der Waals surface area (Å²) in [6, 6.07) is 17.6. The zero-order valence-corrected chi connectivity index (χ0v) is 19.1. The van der Waals surface area contributed by atoms with Crippen LogP contribution >= 0.6 is 11.8 Å². The number of aromatic nitrogens is 3. The van der Waals surface area contributed by atoms with E-state index in [0.717, 1.165) is 40.6 Å². The minimum Gasteiger partial charge on any atom is -0.349 e. The summed E-state index contributed by atoms with van der Waals surface area (Å²) in [5, 5.41) is 15.1. The van der Waals surface area contributed by atoms with Gasteiger partial charge in [-0.05, 0) is 49.9 Å². The highest BCUT2D eigenvalue weighted by atomic mass is 32.2. The van der Waals surface area contributed by atoms with Crippen molar-refractivity contribution in [3.8, 4) is 0 Å². The Morgan fingerprint density at radius 1 is 1.09 bits per heavy atom. The fourth-order valence-electron chi connectivity index (χ4n) is 3.36. The van der Waals surface area contributed by atoms with Gasteiger partial charge in [0.15, 0.2) is 5.16 Å². The highest BCUT2D eigenvalue weighted by Gasteiger charge is 2.29. The third-order valence-electron chi connectivity index (χ3n) is 5.42. The SMILES string of the molecule is Cc1nnc(SCC(=O)NC(C)c2ccc(NC(=O)C3CC3)cc2)n1Cc1ccccc1. The number of hydrogen-bond acceptors (Lipinski definition) is 5. The summed E-state index contributed by atoms with van der Waals surface area (Å²) in [7, 11) is 0. The number of anilines is 1. The first-order valence-corrected chi connectivity index (χ1v) is 11.7. The van der Waals surface area contributed by atoms with Crippen LogP contribution in [-0.4, -0.2) is 32.3 Å². The van der Waals surface area contributed by atoms with Crippen molar-refractivity contribution < 1.29 is 9.59 Å². The standard InChI is InChI=1S/C24H27N5O2S/c1-16(19-10-12-21(13-11-19)26-23(31)20-8-9-20)25-22(30)15-32-24-28-27-17(2)29(24)14-18-6-4-3-5-7-18/h3-7,10-13,16,20H,8-9,14-15H2,1-2H3,(H,25,30)(H,26,31). The smallest absolute Gasteiger partial charge is 0.230 e. The van der Waals surface area contributed by atoms with Gasteiger partial charge < -0.3 is 15.2 Å². The van der Waals surface area contributed by atoms with Crippen molar-refractivity contribution in [1.82, 2.24) is 20.1 Å². The van der Waals surface area contributed by atoms with Gasteiger partial charge in [-0.1, -0.05) is 54.2 Å². The zero-order chi connectivity index (χ0) is 22.5. The lowest BCUT2D eigenvalue weighted by molar-refractivity contribution is -0.119. The maximum absolute atomic E-state index is 12.5. The molecule has 4 rings (SSSR count). The van der Waals surface area contributed by atoms with Gasteiger partial charge in [-0.2, -0.15) is 0 Å². The molecule has 32 heavy (non-hydrogen) atoms. The molecule has 7 nitrogen and oxygen atoms in total. The molecule has 8 heteroatoms. The van der Waals surface area contributed by atoms with Crippen LogP contribution in [0.25, 0.3) is 0 Å². The lowest BCUT2D eigenvalue weighted by Crippen LogP contribution is -2.28. The monoisotopic (exact) mass is 449 g/mol. The molecule has 0 saturated heterocycles. The van der Waals surface area contributed by atoms with Crippen LogP contribution in [0, 0.1) is 12.8 Å². The lowest BCUT2D eigenvalue weighted by Gasteiger charge is -2.15. The number of carbonyl (C=O) groups excluding carboxylic acids is 2. The van der Waals surface area contributed by atoms with Gasteiger partial charge in [0.05, 0.1) is 18.3 Å². The fourth-order valence-corrected chi connectivity index (χ4v) is 4.15. The average Bonchev–Trinajstić information content (AvgIpc) is 3.59. The molecule has 1 saturated carbocycles. The van der Waals surface area contributed by atoms with E-state index in [1.54, 1.807) is 0 Å². The second-order valence-electron chi connectivity index (χ2n) is 8.06. The van der Waals surface area contributed by atoms with Crippen LogP contribution in [-0.2, 0) is 16.1 Å². The molecule has 2 aromatic carbocycles. The van der Waals surface area contributed by atoms with Gasteiger partial charge in [0.2, 0.25) is 11.8 Å². The molecule has 0 radical (unpaired) electrons. The Morgan fingerprint density at radius 3 is 2.50 bits per heavy atom. The molecule has 166 valence electrons. The molecule has 3 aromatic rings. The molecule has 1 unspecified atom stereocenters. The molecule has 1 heterocycles. The molecule has 1 aliphatic rings. The molecule has 2 N–H and O–H groups in total. The van der Waals surface area contributed by atoms with E-state index in [1.807, 2.05) is 60.9 Å². The number of nitrogens with one attached hydrogen (secondary N) is 2. The van der Waals surface area contributed by atoms with E-state index < -0.39 is 0 Å². The molecule has 1 aromatic heterocycles. The Balaban J connectivity index is 1.29. The van der Waals surface area contributed by atoms with Crippen LogP contribution in [0.2, 0.25) is 0 Å². The number of amides is 2. The van der Waals surface area contributed by atoms with Gasteiger partial charge >= 0.3 is 0 Å². The average molecular weight is 450 g/mol. The summed E-state index contributed by atoms with van der Waals surface area (Å²) in [5.74, 6) is 1.27. The van der Waals surface area contributed by atoms with Crippen LogP contribution in [0.4, 0.5) is 5.69 Å². The number of thioether (sulfide) groups is 1. The first kappa shape index (κ1) is 22.1. The quantitative estimate of drug-likeness (QED) is 0.483. The summed E-state index contributed by atoms with van der Waals surface area (Å²) < 4.78 is 2.02. The van der Waals surface area contributed by atoms with Crippen molar-refractivity contribution in [2.45, 2.75) is 44.4 Å². The van der Waals surface area contributed by atoms with Gasteiger partial charge in [0, 0.05) is 11.6 Å². The van der Waals surface area contributed by atoms with Crippen LogP contribution < -0.4 is 10.6 Å². The first-order chi connectivity index (χ1) is 15.5. The summed E-state index contributed by atoms with van der Waals surface area (Å²) >= 11 is 1.38. The molecule has 0 aliphatic heterocycles. The third kappa shape index (κ3) is 5.76. The molecular weight excluding hydrogens is 422 g/mol. The Labute approximate surface area is 192 Å². The van der Waals surface area contributed by atoms with Gasteiger partial charge in [-0.15, -0.1) is 10.2 Å². The molecule has 0 spiro atoms. The number of hydrogen-bond donors (Lipinski definition) is 2. The molecule has 1 atom stereocenters. The van der Waals surface area contributed by atoms with Gasteiger partial charge in [-0.25, -0.2) is 0 Å². The number of benzene rings is 2. The molecule has 1 fully saturated rings. The summed E-state index contributed by atoms with van der Waals surface area (Å²) in [6.07, 6.45) is 1.96. The van der Waals surface area contributed by atoms with Gasteiger partial charge in [0.25, 0.3) is 0 Å². The van der Waals surface area contributed by atoms with Crippen LogP contribution in [0.3, 0.4) is 0 Å². The maximum atomic E-state index is 12.5. The lowest BCUT2D eigenvalue weighted by atomic mass is 10.1. The third-order valence-corrected chi connectivity index (χ3v) is 6.39. The van der Waals surface area contributed by atoms with Gasteiger partial charge in [-0.3, -0.25) is 9.59 Å². The van der Waals surface area contributed by atoms with Crippen molar-refractivity contribution in [3.63, 3.8) is 0 Å². The summed E-state index contributed by atoms with van der Waals surface area (Å²) in [4.78, 5) is 24.4. The predicted octanol–water partition coefficient (Wildman–Crippen LogP) is 3.95. The van der Waals surface area contributed by atoms with Crippen molar-refractivity contribution in [3.05, 3.63) is 71.5 Å². The van der Waals surface area contributed by atoms with Crippen LogP contribution in [0.5, 0.6) is 0 Å². The van der Waals surface area contributed by atoms with Crippen molar-refractivity contribution >= 4 is 29.3 Å². The summed E-state index contributed by atoms with van der Waals surface area (Å²) in [6.45, 7) is 4.53. The Morgan fingerprint density at radius 2 is 1.81 bits per heavy atom. The molecular formula is C24H27N5O2S. The topological polar surface area (TPSA) is 88.9 Å². The van der Waals surface area contributed by atoms with E-state index in [1.165, 1.54) is 11.8 Å². The number of aryl methyl sites for hydroxylation is 1. The normalized spacial score (nSPS) is 14.1. The highest BCUT2D eigenvalue weighted by Crippen LogP contribution is 2.30. The number of nitrogens with zero attached hydrogens (tertiary/aromatic N) is 3. The maximum Gasteiger partial charge on any atom is 0.230 e. The largest absolute Gasteiger partial charge is 0.349 e. The molecule has 2 amide bonds. The molecule has 0 bridgehead atoms. The highest BCUT2D eigenvalue weighted by molar-refractivity contribution is 7.99. The van der Waals surface area contributed by atoms with Gasteiger partial charge in [0.1, 0.15) is 5.82 Å². The predicted molar refractivity (Wildman–Crippen MR) is 125 cm³/mol. The second-order valence-corrected chi connectivity index (χ2v) is 9.01. The van der Waals surface area contributed by atoms with Crippen molar-refractivity contribution in [2.75, 3.05) is 11.1 Å². The van der Waals surface area contributed by atoms with Crippen molar-refractivity contribution in [1.29, 1.82) is 0 Å². The minimum atomic E-state index is -0.139. The second kappa shape index (κ2) is 9.99. The summed E-state index contributed by atoms with van der Waals surface area (Å²) in [5.41, 5.74) is 2.93. The van der Waals surface area contributed by atoms with E-state index in [4.69, 9.17) is 0 Å². The number of rotatable bonds is 9.